The minimum Gasteiger partial charge on any atom is -0.453 e. The Morgan fingerprint density at radius 1 is 1.29 bits per heavy atom. The first-order valence-electron chi connectivity index (χ1n) is 14.2. The van der Waals surface area contributed by atoms with Gasteiger partial charge in [-0.15, -0.1) is 6.58 Å². The van der Waals surface area contributed by atoms with Crippen molar-refractivity contribution >= 4 is 25.0 Å². The fourth-order valence-electron chi connectivity index (χ4n) is 5.07. The Morgan fingerprint density at radius 3 is 2.55 bits per heavy atom. The molecule has 42 heavy (non-hydrogen) atoms. The smallest absolute Gasteiger partial charge is 0.411 e. The molecular weight excluding hydrogens is 568 g/mol. The van der Waals surface area contributed by atoms with Gasteiger partial charge in [-0.1, -0.05) is 26.0 Å². The number of methoxy groups -OCH3 is 2. The fourth-order valence-corrected chi connectivity index (χ4v) is 5.25. The van der Waals surface area contributed by atoms with Crippen LogP contribution in [0.5, 0.6) is 0 Å². The molecule has 0 aromatic carbocycles. The molecule has 2 heterocycles. The van der Waals surface area contributed by atoms with Crippen molar-refractivity contribution in [1.29, 1.82) is 0 Å². The number of hydrogen-bond acceptors (Lipinski definition) is 12. The van der Waals surface area contributed by atoms with Crippen molar-refractivity contribution in [2.75, 3.05) is 33.1 Å². The van der Waals surface area contributed by atoms with E-state index in [1.165, 1.54) is 6.08 Å². The minimum absolute atomic E-state index is 0.00948. The average Bonchev–Trinajstić information content (AvgIpc) is 2.97. The van der Waals surface area contributed by atoms with Crippen LogP contribution in [-0.2, 0) is 33.2 Å². The number of carbonyl (C=O) groups is 2. The largest absolute Gasteiger partial charge is 0.453 e. The number of ether oxygens (including phenoxy) is 6. The van der Waals surface area contributed by atoms with E-state index in [0.717, 1.165) is 13.7 Å². The van der Waals surface area contributed by atoms with Gasteiger partial charge in [0.1, 0.15) is 12.2 Å². The van der Waals surface area contributed by atoms with Crippen LogP contribution in [0.15, 0.2) is 35.6 Å². The highest BCUT2D eigenvalue weighted by Gasteiger charge is 2.44. The molecule has 0 radical (unpaired) electrons. The van der Waals surface area contributed by atoms with Crippen molar-refractivity contribution < 1.29 is 48.2 Å². The fraction of sp³-hybridized carbons (Fsp3) is 0.724. The van der Waals surface area contributed by atoms with Crippen LogP contribution in [0.3, 0.4) is 0 Å². The van der Waals surface area contributed by atoms with Crippen molar-refractivity contribution in [1.82, 2.24) is 10.6 Å². The molecule has 0 bridgehead atoms. The van der Waals surface area contributed by atoms with Crippen molar-refractivity contribution in [2.24, 2.45) is 0 Å². The standard InChI is InChI=1S/C29H48N2O10S/c1-8-22(25(19(15-32)31-28(34)37-7)18(11-12-42)29(5,35)9-2)40-27-26(21(33)13-17(4)39-27)41-24-14-23(36-6)20(16-38-24)30-10-3/h8,11,15,17,20-24,26-27,30,33,35,42H,1,9-10,12-14,16H2,2-7H3,(H,31,34)/b18-11-,25-19-/t17-,20+,21+,22+,23+,24+,26-,27+,29+/m1/s1. The molecule has 0 unspecified atom stereocenters. The number of aldehydes is 1. The number of allylic oxidation sites excluding steroid dienone is 1. The molecule has 4 N–H and O–H groups in total. The van der Waals surface area contributed by atoms with Gasteiger partial charge in [0.2, 0.25) is 0 Å². The molecule has 0 aliphatic carbocycles. The van der Waals surface area contributed by atoms with Crippen LogP contribution in [0.2, 0.25) is 0 Å². The summed E-state index contributed by atoms with van der Waals surface area (Å²) >= 11 is 4.30. The van der Waals surface area contributed by atoms with Gasteiger partial charge in [-0.2, -0.15) is 12.6 Å². The summed E-state index contributed by atoms with van der Waals surface area (Å²) in [4.78, 5) is 24.5. The van der Waals surface area contributed by atoms with Gasteiger partial charge in [-0.3, -0.25) is 10.1 Å². The number of rotatable bonds is 15. The molecule has 0 saturated carbocycles. The van der Waals surface area contributed by atoms with Crippen molar-refractivity contribution in [3.8, 4) is 0 Å². The summed E-state index contributed by atoms with van der Waals surface area (Å²) in [6.07, 6.45) is -1.99. The SMILES string of the molecule is C=C[C@H](O[C@@H]1O[C@H](C)C[C@H](O)[C@H]1O[C@H]1C[C@H](OC)[C@@H](NCC)CO1)C(/C(=C/CS)[C@@](C)(O)CC)=C(/C=O)NC(=O)OC. The van der Waals surface area contributed by atoms with Gasteiger partial charge in [-0.25, -0.2) is 4.79 Å². The first kappa shape index (κ1) is 36.4. The maximum atomic E-state index is 12.3. The summed E-state index contributed by atoms with van der Waals surface area (Å²) in [7, 11) is 2.79. The lowest BCUT2D eigenvalue weighted by atomic mass is 9.83. The predicted molar refractivity (Wildman–Crippen MR) is 159 cm³/mol. The number of aliphatic hydroxyl groups is 2. The molecule has 0 aromatic heterocycles. The van der Waals surface area contributed by atoms with E-state index in [0.29, 0.717) is 24.9 Å². The number of likely N-dealkylation sites (N-methyl/N-ethyl adjacent to an activating group) is 1. The van der Waals surface area contributed by atoms with Crippen LogP contribution in [0, 0.1) is 0 Å². The summed E-state index contributed by atoms with van der Waals surface area (Å²) in [6, 6.07) is -0.00948. The Morgan fingerprint density at radius 2 is 2.00 bits per heavy atom. The third-order valence-corrected chi connectivity index (χ3v) is 7.65. The summed E-state index contributed by atoms with van der Waals surface area (Å²) < 4.78 is 35.0. The molecule has 0 aromatic rings. The molecule has 2 rings (SSSR count). The van der Waals surface area contributed by atoms with Gasteiger partial charge < -0.3 is 44.0 Å². The third-order valence-electron chi connectivity index (χ3n) is 7.46. The van der Waals surface area contributed by atoms with E-state index in [1.54, 1.807) is 34.0 Å². The first-order chi connectivity index (χ1) is 20.0. The highest BCUT2D eigenvalue weighted by atomic mass is 32.1. The van der Waals surface area contributed by atoms with Gasteiger partial charge in [-0.05, 0) is 32.4 Å². The molecule has 2 fully saturated rings. The second kappa shape index (κ2) is 17.5. The second-order valence-electron chi connectivity index (χ2n) is 10.4. The monoisotopic (exact) mass is 616 g/mol. The zero-order valence-corrected chi connectivity index (χ0v) is 26.3. The van der Waals surface area contributed by atoms with Gasteiger partial charge in [0.05, 0.1) is 49.4 Å². The molecule has 2 saturated heterocycles. The van der Waals surface area contributed by atoms with E-state index in [2.05, 4.69) is 29.8 Å². The average molecular weight is 617 g/mol. The number of aliphatic hydroxyl groups excluding tert-OH is 1. The summed E-state index contributed by atoms with van der Waals surface area (Å²) in [5, 5.41) is 28.1. The van der Waals surface area contributed by atoms with Crippen molar-refractivity contribution in [3.05, 3.63) is 35.6 Å². The van der Waals surface area contributed by atoms with E-state index in [9.17, 15) is 19.8 Å². The van der Waals surface area contributed by atoms with Crippen LogP contribution >= 0.6 is 12.6 Å². The lowest BCUT2D eigenvalue weighted by Gasteiger charge is -2.43. The van der Waals surface area contributed by atoms with Crippen molar-refractivity contribution in [3.63, 3.8) is 0 Å². The zero-order valence-electron chi connectivity index (χ0n) is 25.4. The van der Waals surface area contributed by atoms with E-state index in [1.807, 2.05) is 6.92 Å². The second-order valence-corrected chi connectivity index (χ2v) is 10.8. The first-order valence-corrected chi connectivity index (χ1v) is 14.9. The van der Waals surface area contributed by atoms with Crippen LogP contribution in [0.1, 0.15) is 47.0 Å². The molecule has 0 spiro atoms. The highest BCUT2D eigenvalue weighted by molar-refractivity contribution is 7.80. The summed E-state index contributed by atoms with van der Waals surface area (Å²) in [6.45, 7) is 12.1. The number of carbonyl (C=O) groups excluding carboxylic acids is 2. The maximum Gasteiger partial charge on any atom is 0.411 e. The van der Waals surface area contributed by atoms with Gasteiger partial charge in [0, 0.05) is 31.3 Å². The Bertz CT molecular complexity index is 959. The van der Waals surface area contributed by atoms with Crippen LogP contribution in [0.4, 0.5) is 4.79 Å². The molecule has 2 aliphatic heterocycles. The number of amides is 1. The molecule has 12 nitrogen and oxygen atoms in total. The van der Waals surface area contributed by atoms with E-state index in [-0.39, 0.29) is 42.0 Å². The van der Waals surface area contributed by atoms with E-state index >= 15 is 0 Å². The molecule has 240 valence electrons. The normalized spacial score (nSPS) is 31.4. The molecule has 1 amide bonds. The van der Waals surface area contributed by atoms with E-state index < -0.39 is 48.7 Å². The predicted octanol–water partition coefficient (Wildman–Crippen LogP) is 2.00. The van der Waals surface area contributed by atoms with Crippen molar-refractivity contribution in [2.45, 2.75) is 102 Å². The highest BCUT2D eigenvalue weighted by Crippen LogP contribution is 2.35. The number of alkyl carbamates (subject to hydrolysis) is 1. The van der Waals surface area contributed by atoms with Gasteiger partial charge in [0.25, 0.3) is 0 Å². The van der Waals surface area contributed by atoms with Crippen LogP contribution in [-0.4, -0.2) is 110 Å². The topological polar surface area (TPSA) is 154 Å². The molecule has 13 heteroatoms. The Kier molecular flexibility index (Phi) is 15.1. The quantitative estimate of drug-likeness (QED) is 0.0604. The Balaban J connectivity index is 2.49. The van der Waals surface area contributed by atoms with Crippen LogP contribution in [0.25, 0.3) is 0 Å². The van der Waals surface area contributed by atoms with Crippen LogP contribution < -0.4 is 10.6 Å². The number of thiol groups is 1. The van der Waals surface area contributed by atoms with E-state index in [4.69, 9.17) is 28.4 Å². The lowest BCUT2D eigenvalue weighted by molar-refractivity contribution is -0.320. The Labute approximate surface area is 254 Å². The minimum atomic E-state index is -1.45. The van der Waals surface area contributed by atoms with Gasteiger partial charge >= 0.3 is 6.09 Å². The maximum absolute atomic E-state index is 12.3. The lowest BCUT2D eigenvalue weighted by Crippen LogP contribution is -2.56. The third kappa shape index (κ3) is 9.60. The summed E-state index contributed by atoms with van der Waals surface area (Å²) in [5.74, 6) is 0.207. The zero-order chi connectivity index (χ0) is 31.4. The number of hydrogen-bond donors (Lipinski definition) is 5. The number of nitrogens with one attached hydrogen (secondary N) is 2. The molecule has 2 aliphatic rings. The summed E-state index contributed by atoms with van der Waals surface area (Å²) in [5.41, 5.74) is -1.23. The Hall–Kier alpha value is -1.81. The van der Waals surface area contributed by atoms with Gasteiger partial charge in [0.15, 0.2) is 18.9 Å². The molecule has 9 atom stereocenters. The molecular formula is C29H48N2O10S.